The van der Waals surface area contributed by atoms with E-state index >= 15 is 0 Å². The number of aromatic nitrogens is 1. The van der Waals surface area contributed by atoms with E-state index in [1.165, 1.54) is 6.42 Å². The first-order valence-corrected chi connectivity index (χ1v) is 9.90. The van der Waals surface area contributed by atoms with Gasteiger partial charge in [0.25, 0.3) is 0 Å². The fourth-order valence-electron chi connectivity index (χ4n) is 3.52. The molecule has 128 valence electrons. The van der Waals surface area contributed by atoms with Crippen LogP contribution < -0.4 is 10.2 Å². The van der Waals surface area contributed by atoms with Crippen LogP contribution in [0.2, 0.25) is 5.02 Å². The maximum absolute atomic E-state index is 13.0. The fraction of sp³-hybridized carbons (Fsp3) is 0.556. The molecule has 1 amide bonds. The number of thiazole rings is 1. The van der Waals surface area contributed by atoms with E-state index in [0.717, 1.165) is 64.8 Å². The molecule has 0 radical (unpaired) electrons. The molecule has 1 aliphatic carbocycles. The van der Waals surface area contributed by atoms with Crippen molar-refractivity contribution in [1.29, 1.82) is 0 Å². The molecular formula is C18H22ClN3OS. The van der Waals surface area contributed by atoms with Gasteiger partial charge in [-0.1, -0.05) is 29.4 Å². The summed E-state index contributed by atoms with van der Waals surface area (Å²) in [6.45, 7) is 4.83. The highest BCUT2D eigenvalue weighted by molar-refractivity contribution is 7.22. The van der Waals surface area contributed by atoms with Crippen molar-refractivity contribution in [3.63, 3.8) is 0 Å². The van der Waals surface area contributed by atoms with Gasteiger partial charge in [-0.15, -0.1) is 0 Å². The van der Waals surface area contributed by atoms with E-state index in [-0.39, 0.29) is 11.8 Å². The largest absolute Gasteiger partial charge is 0.316 e. The number of nitrogens with one attached hydrogen (secondary N) is 1. The van der Waals surface area contributed by atoms with Gasteiger partial charge in [0.1, 0.15) is 0 Å². The number of benzene rings is 1. The normalized spacial score (nSPS) is 21.2. The molecule has 1 saturated carbocycles. The molecular weight excluding hydrogens is 342 g/mol. The summed E-state index contributed by atoms with van der Waals surface area (Å²) in [6.07, 6.45) is 4.34. The van der Waals surface area contributed by atoms with E-state index in [2.05, 4.69) is 5.32 Å². The van der Waals surface area contributed by atoms with Crippen molar-refractivity contribution in [3.8, 4) is 0 Å². The standard InChI is InChI=1S/C18H22ClN3OS/c1-11-7-14(19)8-15-16(11)21-18(24-15)22(10-12-5-6-20-9-12)17(23)13-3-2-4-13/h7-8,12-13,20H,2-6,9-10H2,1H3. The van der Waals surface area contributed by atoms with Crippen LogP contribution in [-0.2, 0) is 4.79 Å². The zero-order chi connectivity index (χ0) is 16.7. The molecule has 1 atom stereocenters. The highest BCUT2D eigenvalue weighted by Crippen LogP contribution is 2.36. The number of rotatable bonds is 4. The third-order valence-corrected chi connectivity index (χ3v) is 6.44. The summed E-state index contributed by atoms with van der Waals surface area (Å²) in [7, 11) is 0. The number of carbonyl (C=O) groups is 1. The molecule has 2 heterocycles. The minimum Gasteiger partial charge on any atom is -0.316 e. The SMILES string of the molecule is Cc1cc(Cl)cc2sc(N(CC3CCNC3)C(=O)C3CCC3)nc12. The second-order valence-electron chi connectivity index (χ2n) is 7.00. The Morgan fingerprint density at radius 2 is 2.25 bits per heavy atom. The topological polar surface area (TPSA) is 45.2 Å². The number of anilines is 1. The van der Waals surface area contributed by atoms with Gasteiger partial charge in [0, 0.05) is 17.5 Å². The Morgan fingerprint density at radius 3 is 2.92 bits per heavy atom. The molecule has 1 aliphatic heterocycles. The Morgan fingerprint density at radius 1 is 1.42 bits per heavy atom. The van der Waals surface area contributed by atoms with E-state index in [0.29, 0.717) is 5.92 Å². The van der Waals surface area contributed by atoms with Crippen LogP contribution in [0.15, 0.2) is 12.1 Å². The number of hydrogen-bond donors (Lipinski definition) is 1. The van der Waals surface area contributed by atoms with Crippen molar-refractivity contribution in [1.82, 2.24) is 10.3 Å². The first kappa shape index (κ1) is 16.3. The number of fused-ring (bicyclic) bond motifs is 1. The molecule has 6 heteroatoms. The van der Waals surface area contributed by atoms with Gasteiger partial charge < -0.3 is 5.32 Å². The molecule has 24 heavy (non-hydrogen) atoms. The highest BCUT2D eigenvalue weighted by atomic mass is 35.5. The summed E-state index contributed by atoms with van der Waals surface area (Å²) in [4.78, 5) is 19.7. The highest BCUT2D eigenvalue weighted by Gasteiger charge is 2.33. The van der Waals surface area contributed by atoms with E-state index in [4.69, 9.17) is 16.6 Å². The lowest BCUT2D eigenvalue weighted by Crippen LogP contribution is -2.42. The molecule has 0 spiro atoms. The average molecular weight is 364 g/mol. The molecule has 2 aromatic rings. The van der Waals surface area contributed by atoms with Crippen molar-refractivity contribution < 1.29 is 4.79 Å². The lowest BCUT2D eigenvalue weighted by atomic mass is 9.84. The number of carbonyl (C=O) groups excluding carboxylic acids is 1. The minimum absolute atomic E-state index is 0.191. The second-order valence-corrected chi connectivity index (χ2v) is 8.45. The van der Waals surface area contributed by atoms with Crippen molar-refractivity contribution >= 4 is 44.2 Å². The zero-order valence-corrected chi connectivity index (χ0v) is 15.4. The van der Waals surface area contributed by atoms with Gasteiger partial charge in [0.15, 0.2) is 5.13 Å². The minimum atomic E-state index is 0.191. The summed E-state index contributed by atoms with van der Waals surface area (Å²) in [5.41, 5.74) is 2.04. The summed E-state index contributed by atoms with van der Waals surface area (Å²) in [5, 5.41) is 4.96. The van der Waals surface area contributed by atoms with Gasteiger partial charge >= 0.3 is 0 Å². The van der Waals surface area contributed by atoms with Crippen molar-refractivity contribution in [2.75, 3.05) is 24.5 Å². The predicted octanol–water partition coefficient (Wildman–Crippen LogP) is 4.00. The average Bonchev–Trinajstić information content (AvgIpc) is 3.11. The summed E-state index contributed by atoms with van der Waals surface area (Å²) >= 11 is 7.77. The smallest absolute Gasteiger partial charge is 0.231 e. The molecule has 4 nitrogen and oxygen atoms in total. The van der Waals surface area contributed by atoms with Crippen LogP contribution in [0, 0.1) is 18.8 Å². The van der Waals surface area contributed by atoms with Gasteiger partial charge in [-0.2, -0.15) is 0 Å². The zero-order valence-electron chi connectivity index (χ0n) is 13.8. The summed E-state index contributed by atoms with van der Waals surface area (Å²) < 4.78 is 1.06. The summed E-state index contributed by atoms with van der Waals surface area (Å²) in [5.74, 6) is 0.970. The van der Waals surface area contributed by atoms with E-state index in [1.54, 1.807) is 11.3 Å². The number of aryl methyl sites for hydroxylation is 1. The van der Waals surface area contributed by atoms with E-state index < -0.39 is 0 Å². The Hall–Kier alpha value is -1.17. The van der Waals surface area contributed by atoms with Crippen LogP contribution in [0.25, 0.3) is 10.2 Å². The maximum atomic E-state index is 13.0. The molecule has 0 bridgehead atoms. The van der Waals surface area contributed by atoms with Crippen LogP contribution in [0.1, 0.15) is 31.2 Å². The van der Waals surface area contributed by atoms with Gasteiger partial charge in [0.05, 0.1) is 10.2 Å². The van der Waals surface area contributed by atoms with Gasteiger partial charge in [0.2, 0.25) is 5.91 Å². The number of halogens is 1. The molecule has 2 fully saturated rings. The van der Waals surface area contributed by atoms with Gasteiger partial charge in [-0.25, -0.2) is 4.98 Å². The monoisotopic (exact) mass is 363 g/mol. The molecule has 1 unspecified atom stereocenters. The molecule has 1 aromatic heterocycles. The van der Waals surface area contributed by atoms with Crippen molar-refractivity contribution in [2.24, 2.45) is 11.8 Å². The Kier molecular flexibility index (Phi) is 4.50. The Balaban J connectivity index is 1.68. The molecule has 1 aromatic carbocycles. The van der Waals surface area contributed by atoms with Gasteiger partial charge in [-0.05, 0) is 62.9 Å². The quantitative estimate of drug-likeness (QED) is 0.892. The molecule has 1 saturated heterocycles. The molecule has 4 rings (SSSR count). The van der Waals surface area contributed by atoms with Crippen LogP contribution in [0.4, 0.5) is 5.13 Å². The number of hydrogen-bond acceptors (Lipinski definition) is 4. The third-order valence-electron chi connectivity index (χ3n) is 5.19. The second kappa shape index (κ2) is 6.62. The fourth-order valence-corrected chi connectivity index (χ4v) is 4.96. The van der Waals surface area contributed by atoms with Gasteiger partial charge in [-0.3, -0.25) is 9.69 Å². The lowest BCUT2D eigenvalue weighted by molar-refractivity contribution is -0.124. The maximum Gasteiger partial charge on any atom is 0.231 e. The van der Waals surface area contributed by atoms with E-state index in [1.807, 2.05) is 24.0 Å². The number of nitrogens with zero attached hydrogens (tertiary/aromatic N) is 2. The van der Waals surface area contributed by atoms with Crippen LogP contribution in [0.3, 0.4) is 0 Å². The lowest BCUT2D eigenvalue weighted by Gasteiger charge is -2.31. The number of amides is 1. The van der Waals surface area contributed by atoms with E-state index in [9.17, 15) is 4.79 Å². The molecule has 1 N–H and O–H groups in total. The predicted molar refractivity (Wildman–Crippen MR) is 100 cm³/mol. The Bertz CT molecular complexity index is 765. The molecule has 2 aliphatic rings. The summed E-state index contributed by atoms with van der Waals surface area (Å²) in [6, 6.07) is 3.89. The Labute approximate surface area is 151 Å². The van der Waals surface area contributed by atoms with Crippen molar-refractivity contribution in [3.05, 3.63) is 22.7 Å². The van der Waals surface area contributed by atoms with Crippen LogP contribution in [0.5, 0.6) is 0 Å². The van der Waals surface area contributed by atoms with Crippen molar-refractivity contribution in [2.45, 2.75) is 32.6 Å². The first-order chi connectivity index (χ1) is 11.6. The third kappa shape index (κ3) is 3.05. The first-order valence-electron chi connectivity index (χ1n) is 8.70. The van der Waals surface area contributed by atoms with Crippen LogP contribution >= 0.6 is 22.9 Å². The van der Waals surface area contributed by atoms with Crippen LogP contribution in [-0.4, -0.2) is 30.5 Å².